The van der Waals surface area contributed by atoms with Crippen LogP contribution in [-0.2, 0) is 11.3 Å². The molecular weight excluding hydrogens is 228 g/mol. The molecule has 1 aliphatic heterocycles. The van der Waals surface area contributed by atoms with Crippen molar-refractivity contribution in [3.05, 3.63) is 18.5 Å². The normalized spacial score (nSPS) is 17.1. The van der Waals surface area contributed by atoms with Crippen LogP contribution < -0.4 is 5.32 Å². The number of aromatic nitrogens is 2. The van der Waals surface area contributed by atoms with Gasteiger partial charge in [0.15, 0.2) is 0 Å². The van der Waals surface area contributed by atoms with Crippen LogP contribution in [0.15, 0.2) is 18.5 Å². The summed E-state index contributed by atoms with van der Waals surface area (Å²) in [5.74, 6) is 0.201. The molecule has 1 aliphatic rings. The van der Waals surface area contributed by atoms with E-state index in [0.717, 1.165) is 45.4 Å². The number of hydrogen-bond donors (Lipinski definition) is 1. The number of likely N-dealkylation sites (tertiary alicyclic amines) is 1. The third kappa shape index (κ3) is 3.84. The molecule has 2 heterocycles. The Morgan fingerprint density at radius 1 is 1.44 bits per heavy atom. The molecule has 5 nitrogen and oxygen atoms in total. The summed E-state index contributed by atoms with van der Waals surface area (Å²) >= 11 is 0. The van der Waals surface area contributed by atoms with Crippen molar-refractivity contribution < 1.29 is 4.79 Å². The number of nitrogens with one attached hydrogen (secondary N) is 1. The highest BCUT2D eigenvalue weighted by Crippen LogP contribution is 2.10. The summed E-state index contributed by atoms with van der Waals surface area (Å²) < 4.78 is 1.96. The van der Waals surface area contributed by atoms with E-state index in [1.54, 1.807) is 6.92 Å². The minimum absolute atomic E-state index is 0.201. The summed E-state index contributed by atoms with van der Waals surface area (Å²) in [5, 5.41) is 7.74. The molecule has 18 heavy (non-hydrogen) atoms. The van der Waals surface area contributed by atoms with Gasteiger partial charge in [0.25, 0.3) is 0 Å². The highest BCUT2D eigenvalue weighted by molar-refractivity contribution is 5.73. The number of piperidine rings is 1. The van der Waals surface area contributed by atoms with Gasteiger partial charge in [0, 0.05) is 45.0 Å². The van der Waals surface area contributed by atoms with Gasteiger partial charge in [-0.15, -0.1) is 0 Å². The average Bonchev–Trinajstić information content (AvgIpc) is 2.88. The van der Waals surface area contributed by atoms with Crippen molar-refractivity contribution in [1.29, 1.82) is 0 Å². The zero-order valence-electron chi connectivity index (χ0n) is 11.0. The predicted octanol–water partition coefficient (Wildman–Crippen LogP) is 0.874. The van der Waals surface area contributed by atoms with Crippen LogP contribution in [0.25, 0.3) is 0 Å². The quantitative estimate of drug-likeness (QED) is 0.789. The lowest BCUT2D eigenvalue weighted by atomic mass is 10.1. The topological polar surface area (TPSA) is 50.2 Å². The SMILES string of the molecule is CC(=O)N1CCC(NCCCn2cccn2)CC1. The Morgan fingerprint density at radius 2 is 2.22 bits per heavy atom. The number of hydrogen-bond acceptors (Lipinski definition) is 3. The van der Waals surface area contributed by atoms with Crippen molar-refractivity contribution in [2.75, 3.05) is 19.6 Å². The first kappa shape index (κ1) is 13.1. The lowest BCUT2D eigenvalue weighted by Crippen LogP contribution is -2.44. The molecule has 0 unspecified atom stereocenters. The minimum atomic E-state index is 0.201. The molecule has 0 radical (unpaired) electrons. The molecular formula is C13H22N4O. The largest absolute Gasteiger partial charge is 0.343 e. The molecule has 100 valence electrons. The first-order valence-corrected chi connectivity index (χ1v) is 6.72. The maximum atomic E-state index is 11.2. The van der Waals surface area contributed by atoms with Crippen LogP contribution in [0, 0.1) is 0 Å². The van der Waals surface area contributed by atoms with Gasteiger partial charge in [-0.3, -0.25) is 9.48 Å². The van der Waals surface area contributed by atoms with E-state index in [1.807, 2.05) is 28.0 Å². The molecule has 0 saturated carbocycles. The van der Waals surface area contributed by atoms with Gasteiger partial charge >= 0.3 is 0 Å². The highest BCUT2D eigenvalue weighted by atomic mass is 16.2. The molecule has 0 aromatic carbocycles. The standard InChI is InChI=1S/C13H22N4O/c1-12(18)16-10-4-13(5-11-16)14-6-2-8-17-9-3-7-15-17/h3,7,9,13-14H,2,4-6,8,10-11H2,1H3. The molecule has 2 rings (SSSR count). The van der Waals surface area contributed by atoms with E-state index in [9.17, 15) is 4.79 Å². The van der Waals surface area contributed by atoms with Crippen molar-refractivity contribution >= 4 is 5.91 Å². The summed E-state index contributed by atoms with van der Waals surface area (Å²) in [4.78, 5) is 13.1. The van der Waals surface area contributed by atoms with E-state index in [-0.39, 0.29) is 5.91 Å². The number of rotatable bonds is 5. The number of amides is 1. The summed E-state index contributed by atoms with van der Waals surface area (Å²) in [6.45, 7) is 5.42. The zero-order valence-corrected chi connectivity index (χ0v) is 11.0. The Bertz CT molecular complexity index is 355. The minimum Gasteiger partial charge on any atom is -0.343 e. The van der Waals surface area contributed by atoms with Crippen LogP contribution in [0.3, 0.4) is 0 Å². The van der Waals surface area contributed by atoms with E-state index >= 15 is 0 Å². The molecule has 0 aliphatic carbocycles. The number of nitrogens with zero attached hydrogens (tertiary/aromatic N) is 3. The van der Waals surface area contributed by atoms with Crippen LogP contribution >= 0.6 is 0 Å². The first-order chi connectivity index (χ1) is 8.75. The van der Waals surface area contributed by atoms with Gasteiger partial charge in [-0.1, -0.05) is 0 Å². The summed E-state index contributed by atoms with van der Waals surface area (Å²) in [6, 6.07) is 2.52. The van der Waals surface area contributed by atoms with Crippen LogP contribution in [0.1, 0.15) is 26.2 Å². The first-order valence-electron chi connectivity index (χ1n) is 6.72. The van der Waals surface area contributed by atoms with Gasteiger partial charge in [0.05, 0.1) is 0 Å². The van der Waals surface area contributed by atoms with Crippen molar-refractivity contribution in [3.8, 4) is 0 Å². The average molecular weight is 250 g/mol. The van der Waals surface area contributed by atoms with Gasteiger partial charge in [0.2, 0.25) is 5.91 Å². The Hall–Kier alpha value is -1.36. The van der Waals surface area contributed by atoms with Gasteiger partial charge in [0.1, 0.15) is 0 Å². The Kier molecular flexibility index (Phi) is 4.75. The molecule has 0 bridgehead atoms. The maximum Gasteiger partial charge on any atom is 0.219 e. The molecule has 1 amide bonds. The van der Waals surface area contributed by atoms with Crippen molar-refractivity contribution in [2.24, 2.45) is 0 Å². The maximum absolute atomic E-state index is 11.2. The van der Waals surface area contributed by atoms with E-state index in [4.69, 9.17) is 0 Å². The Labute approximate surface area is 108 Å². The molecule has 1 aromatic heterocycles. The monoisotopic (exact) mass is 250 g/mol. The Balaban J connectivity index is 1.57. The molecule has 1 N–H and O–H groups in total. The summed E-state index contributed by atoms with van der Waals surface area (Å²) in [7, 11) is 0. The summed E-state index contributed by atoms with van der Waals surface area (Å²) in [5.41, 5.74) is 0. The van der Waals surface area contributed by atoms with E-state index in [2.05, 4.69) is 10.4 Å². The number of carbonyl (C=O) groups excluding carboxylic acids is 1. The Morgan fingerprint density at radius 3 is 2.83 bits per heavy atom. The van der Waals surface area contributed by atoms with Crippen molar-refractivity contribution in [3.63, 3.8) is 0 Å². The molecule has 1 fully saturated rings. The van der Waals surface area contributed by atoms with E-state index < -0.39 is 0 Å². The fraction of sp³-hybridized carbons (Fsp3) is 0.692. The van der Waals surface area contributed by atoms with E-state index in [1.165, 1.54) is 0 Å². The van der Waals surface area contributed by atoms with Crippen LogP contribution in [-0.4, -0.2) is 46.3 Å². The second kappa shape index (κ2) is 6.54. The third-order valence-electron chi connectivity index (χ3n) is 3.50. The predicted molar refractivity (Wildman–Crippen MR) is 70.1 cm³/mol. The van der Waals surface area contributed by atoms with Gasteiger partial charge < -0.3 is 10.2 Å². The summed E-state index contributed by atoms with van der Waals surface area (Å²) in [6.07, 6.45) is 7.04. The van der Waals surface area contributed by atoms with Crippen LogP contribution in [0.4, 0.5) is 0 Å². The van der Waals surface area contributed by atoms with Crippen molar-refractivity contribution in [1.82, 2.24) is 20.0 Å². The second-order valence-corrected chi connectivity index (χ2v) is 4.86. The molecule has 1 aromatic rings. The van der Waals surface area contributed by atoms with Gasteiger partial charge in [-0.2, -0.15) is 5.10 Å². The molecule has 0 atom stereocenters. The zero-order chi connectivity index (χ0) is 12.8. The fourth-order valence-electron chi connectivity index (χ4n) is 2.38. The molecule has 0 spiro atoms. The molecule has 5 heteroatoms. The second-order valence-electron chi connectivity index (χ2n) is 4.86. The highest BCUT2D eigenvalue weighted by Gasteiger charge is 2.19. The lowest BCUT2D eigenvalue weighted by Gasteiger charge is -2.31. The lowest BCUT2D eigenvalue weighted by molar-refractivity contribution is -0.129. The van der Waals surface area contributed by atoms with Crippen molar-refractivity contribution in [2.45, 2.75) is 38.8 Å². The third-order valence-corrected chi connectivity index (χ3v) is 3.50. The molecule has 1 saturated heterocycles. The fourth-order valence-corrected chi connectivity index (χ4v) is 2.38. The van der Waals surface area contributed by atoms with Crippen LogP contribution in [0.2, 0.25) is 0 Å². The van der Waals surface area contributed by atoms with Gasteiger partial charge in [-0.25, -0.2) is 0 Å². The number of aryl methyl sites for hydroxylation is 1. The number of carbonyl (C=O) groups is 1. The van der Waals surface area contributed by atoms with E-state index in [0.29, 0.717) is 6.04 Å². The smallest absolute Gasteiger partial charge is 0.219 e. The van der Waals surface area contributed by atoms with Gasteiger partial charge in [-0.05, 0) is 31.9 Å². The van der Waals surface area contributed by atoms with Crippen LogP contribution in [0.5, 0.6) is 0 Å².